The first-order chi connectivity index (χ1) is 15.9. The summed E-state index contributed by atoms with van der Waals surface area (Å²) >= 11 is 0. The van der Waals surface area contributed by atoms with Gasteiger partial charge >= 0.3 is 0 Å². The van der Waals surface area contributed by atoms with Crippen LogP contribution in [0.15, 0.2) is 84.9 Å². The Morgan fingerprint density at radius 1 is 1.00 bits per heavy atom. The van der Waals surface area contributed by atoms with Crippen molar-refractivity contribution < 1.29 is 37.5 Å². The maximum atomic E-state index is 12.6. The number of aromatic hydroxyl groups is 1. The van der Waals surface area contributed by atoms with Crippen LogP contribution in [0.2, 0.25) is 0 Å². The van der Waals surface area contributed by atoms with Gasteiger partial charge in [0.2, 0.25) is 5.91 Å². The number of hydrogen-bond acceptors (Lipinski definition) is 4. The minimum Gasteiger partial charge on any atom is -1.00 e. The third-order valence-electron chi connectivity index (χ3n) is 5.32. The maximum Gasteiger partial charge on any atom is 0.248 e. The number of rotatable bonds is 10. The number of amides is 1. The SMILES string of the molecule is CC([NH2+]CCC(=O)c1cccc(NC(=O)/C=C/c2ccccc2)c1)C(O)c1ccc(O)cc1.[Cl-]. The van der Waals surface area contributed by atoms with E-state index in [0.717, 1.165) is 5.56 Å². The van der Waals surface area contributed by atoms with Crippen molar-refractivity contribution in [1.82, 2.24) is 0 Å². The van der Waals surface area contributed by atoms with E-state index in [1.165, 1.54) is 18.2 Å². The smallest absolute Gasteiger partial charge is 0.248 e. The lowest BCUT2D eigenvalue weighted by atomic mass is 10.0. The summed E-state index contributed by atoms with van der Waals surface area (Å²) in [7, 11) is 0. The standard InChI is InChI=1S/C27H28N2O4.ClH/c1-19(27(33)21-11-13-24(30)14-12-21)28-17-16-25(31)22-8-5-9-23(18-22)29-26(32)15-10-20-6-3-2-4-7-20;/h2-15,18-19,27-28,30,33H,16-17H2,1H3,(H,29,32);1H/b15-10+;. The predicted molar refractivity (Wildman–Crippen MR) is 129 cm³/mol. The zero-order chi connectivity index (χ0) is 23.6. The molecule has 2 atom stereocenters. The summed E-state index contributed by atoms with van der Waals surface area (Å²) in [6.07, 6.45) is 2.79. The fourth-order valence-electron chi connectivity index (χ4n) is 3.42. The van der Waals surface area contributed by atoms with Gasteiger partial charge in [-0.15, -0.1) is 0 Å². The van der Waals surface area contributed by atoms with Crippen LogP contribution in [0.25, 0.3) is 6.08 Å². The van der Waals surface area contributed by atoms with E-state index < -0.39 is 6.10 Å². The molecule has 3 aromatic rings. The normalized spacial score (nSPS) is 12.5. The number of anilines is 1. The number of benzene rings is 3. The molecule has 0 aromatic heterocycles. The first-order valence-electron chi connectivity index (χ1n) is 10.9. The maximum absolute atomic E-state index is 12.6. The van der Waals surface area contributed by atoms with Gasteiger partial charge in [0.15, 0.2) is 5.78 Å². The highest BCUT2D eigenvalue weighted by Crippen LogP contribution is 2.18. The van der Waals surface area contributed by atoms with Gasteiger partial charge in [0.1, 0.15) is 17.9 Å². The fourth-order valence-corrected chi connectivity index (χ4v) is 3.42. The number of phenolic OH excluding ortho intramolecular Hbond substituents is 1. The molecule has 0 fully saturated rings. The number of aliphatic hydroxyl groups is 1. The summed E-state index contributed by atoms with van der Waals surface area (Å²) in [6, 6.07) is 22.7. The highest BCUT2D eigenvalue weighted by Gasteiger charge is 2.19. The van der Waals surface area contributed by atoms with Crippen LogP contribution in [-0.4, -0.2) is 34.5 Å². The monoisotopic (exact) mass is 480 g/mol. The van der Waals surface area contributed by atoms with Gasteiger partial charge in [-0.05, 0) is 48.4 Å². The molecule has 0 radical (unpaired) electrons. The molecule has 34 heavy (non-hydrogen) atoms. The lowest BCUT2D eigenvalue weighted by Gasteiger charge is -2.17. The Balaban J connectivity index is 0.00000408. The van der Waals surface area contributed by atoms with Crippen molar-refractivity contribution >= 4 is 23.5 Å². The fraction of sp³-hybridized carbons (Fsp3) is 0.185. The van der Waals surface area contributed by atoms with Crippen LogP contribution in [0, 0.1) is 0 Å². The molecule has 0 spiro atoms. The zero-order valence-electron chi connectivity index (χ0n) is 18.9. The van der Waals surface area contributed by atoms with Crippen LogP contribution < -0.4 is 23.0 Å². The summed E-state index contributed by atoms with van der Waals surface area (Å²) in [5.41, 5.74) is 2.73. The van der Waals surface area contributed by atoms with Gasteiger partial charge < -0.3 is 33.3 Å². The lowest BCUT2D eigenvalue weighted by molar-refractivity contribution is -0.693. The van der Waals surface area contributed by atoms with Crippen molar-refractivity contribution in [1.29, 1.82) is 0 Å². The minimum absolute atomic E-state index is 0. The predicted octanol–water partition coefficient (Wildman–Crippen LogP) is 0.306. The van der Waals surface area contributed by atoms with E-state index in [0.29, 0.717) is 29.8 Å². The topological polar surface area (TPSA) is 103 Å². The number of carbonyl (C=O) groups is 2. The highest BCUT2D eigenvalue weighted by atomic mass is 35.5. The van der Waals surface area contributed by atoms with Crippen LogP contribution >= 0.6 is 0 Å². The second-order valence-corrected chi connectivity index (χ2v) is 7.91. The van der Waals surface area contributed by atoms with Gasteiger partial charge in [-0.3, -0.25) is 9.59 Å². The Morgan fingerprint density at radius 3 is 2.41 bits per heavy atom. The molecule has 3 rings (SSSR count). The van der Waals surface area contributed by atoms with Crippen LogP contribution in [0.5, 0.6) is 5.75 Å². The molecule has 7 heteroatoms. The van der Waals surface area contributed by atoms with Crippen molar-refractivity contribution in [3.05, 3.63) is 102 Å². The molecular weight excluding hydrogens is 452 g/mol. The van der Waals surface area contributed by atoms with E-state index in [1.54, 1.807) is 42.5 Å². The second-order valence-electron chi connectivity index (χ2n) is 7.91. The molecule has 5 N–H and O–H groups in total. The number of quaternary nitrogens is 1. The number of halogens is 1. The zero-order valence-corrected chi connectivity index (χ0v) is 19.7. The molecule has 0 bridgehead atoms. The van der Waals surface area contributed by atoms with Crippen molar-refractivity contribution in [3.63, 3.8) is 0 Å². The first-order valence-corrected chi connectivity index (χ1v) is 10.9. The molecule has 178 valence electrons. The molecule has 0 heterocycles. The van der Waals surface area contributed by atoms with Crippen molar-refractivity contribution in [2.75, 3.05) is 11.9 Å². The molecule has 0 saturated heterocycles. The Morgan fingerprint density at radius 2 is 1.71 bits per heavy atom. The van der Waals surface area contributed by atoms with Crippen LogP contribution in [-0.2, 0) is 4.79 Å². The van der Waals surface area contributed by atoms with Gasteiger partial charge in [-0.1, -0.05) is 54.6 Å². The Labute approximate surface area is 205 Å². The number of nitrogens with one attached hydrogen (secondary N) is 1. The highest BCUT2D eigenvalue weighted by molar-refractivity contribution is 6.03. The number of Topliss-reactive ketones (excluding diaryl/α,β-unsaturated/α-hetero) is 1. The number of aliphatic hydroxyl groups excluding tert-OH is 1. The average Bonchev–Trinajstić information content (AvgIpc) is 2.83. The summed E-state index contributed by atoms with van der Waals surface area (Å²) < 4.78 is 0. The number of carbonyl (C=O) groups excluding carboxylic acids is 2. The van der Waals surface area contributed by atoms with E-state index in [9.17, 15) is 19.8 Å². The molecule has 1 amide bonds. The Bertz CT molecular complexity index is 1100. The van der Waals surface area contributed by atoms with Crippen molar-refractivity contribution in [3.8, 4) is 5.75 Å². The van der Waals surface area contributed by atoms with Gasteiger partial charge in [-0.2, -0.15) is 0 Å². The lowest BCUT2D eigenvalue weighted by Crippen LogP contribution is -3.00. The number of ketones is 1. The van der Waals surface area contributed by atoms with Crippen LogP contribution in [0.4, 0.5) is 5.69 Å². The van der Waals surface area contributed by atoms with Gasteiger partial charge in [-0.25, -0.2) is 0 Å². The van der Waals surface area contributed by atoms with E-state index in [1.807, 2.05) is 42.6 Å². The third kappa shape index (κ3) is 8.15. The van der Waals surface area contributed by atoms with Gasteiger partial charge in [0.05, 0.1) is 13.0 Å². The van der Waals surface area contributed by atoms with E-state index in [-0.39, 0.29) is 35.9 Å². The van der Waals surface area contributed by atoms with E-state index in [2.05, 4.69) is 5.32 Å². The number of nitrogens with two attached hydrogens (primary N) is 1. The first kappa shape index (κ1) is 26.8. The third-order valence-corrected chi connectivity index (χ3v) is 5.32. The second kappa shape index (κ2) is 13.3. The van der Waals surface area contributed by atoms with Crippen molar-refractivity contribution in [2.24, 2.45) is 0 Å². The summed E-state index contributed by atoms with van der Waals surface area (Å²) in [5, 5.41) is 24.5. The molecule has 0 aliphatic heterocycles. The number of hydrogen-bond donors (Lipinski definition) is 4. The summed E-state index contributed by atoms with van der Waals surface area (Å²) in [5.74, 6) is -0.152. The van der Waals surface area contributed by atoms with Crippen molar-refractivity contribution in [2.45, 2.75) is 25.5 Å². The summed E-state index contributed by atoms with van der Waals surface area (Å²) in [6.45, 7) is 2.41. The Kier molecular flexibility index (Phi) is 10.5. The van der Waals surface area contributed by atoms with E-state index in [4.69, 9.17) is 0 Å². The quantitative estimate of drug-likeness (QED) is 0.248. The number of phenols is 1. The molecule has 3 aromatic carbocycles. The molecule has 6 nitrogen and oxygen atoms in total. The van der Waals surface area contributed by atoms with Crippen LogP contribution in [0.3, 0.4) is 0 Å². The molecule has 2 unspecified atom stereocenters. The molecule has 0 saturated carbocycles. The van der Waals surface area contributed by atoms with E-state index >= 15 is 0 Å². The van der Waals surface area contributed by atoms with Gasteiger partial charge in [0, 0.05) is 17.3 Å². The van der Waals surface area contributed by atoms with Gasteiger partial charge in [0.25, 0.3) is 0 Å². The molecule has 0 aliphatic rings. The minimum atomic E-state index is -0.705. The van der Waals surface area contributed by atoms with Crippen LogP contribution in [0.1, 0.15) is 40.9 Å². The summed E-state index contributed by atoms with van der Waals surface area (Å²) in [4.78, 5) is 24.8. The largest absolute Gasteiger partial charge is 1.00 e. The average molecular weight is 481 g/mol. The molecule has 0 aliphatic carbocycles. The molecular formula is C27H29ClN2O4. The Hall–Kier alpha value is -3.45.